The summed E-state index contributed by atoms with van der Waals surface area (Å²) in [5.74, 6) is 0. The smallest absolute Gasteiger partial charge is 0.100 e. The molecule has 71 heavy (non-hydrogen) atoms. The van der Waals surface area contributed by atoms with E-state index in [4.69, 9.17) is 19.9 Å². The molecule has 8 bridgehead atoms. The van der Waals surface area contributed by atoms with E-state index < -0.39 is 0 Å². The third-order valence-electron chi connectivity index (χ3n) is 13.8. The Morgan fingerprint density at radius 3 is 1.06 bits per heavy atom. The van der Waals surface area contributed by atoms with Gasteiger partial charge in [0, 0.05) is 73.1 Å². The van der Waals surface area contributed by atoms with Crippen LogP contribution in [0.2, 0.25) is 0 Å². The van der Waals surface area contributed by atoms with Crippen LogP contribution in [0.5, 0.6) is 0 Å². The van der Waals surface area contributed by atoms with Crippen LogP contribution in [0.15, 0.2) is 237 Å². The summed E-state index contributed by atoms with van der Waals surface area (Å²) in [5.41, 5.74) is 19.0. The SMILES string of the molecule is c1ccc(-c2c3nc(c(-c4ccccc4)c4[nH]c(c(N(c5ccccc5)c5ccccc5)c5nc(c(-c6ccccc6)c6[nH]c2c2ccccc62)-c2ncccc2-5)c2ccccc42)-c2ncccc2-3)cc1. The fraction of sp³-hybridized carbons (Fsp3) is 0. The number of nitrogens with one attached hydrogen (secondary N) is 2. The molecule has 7 aromatic carbocycles. The second-order valence-corrected chi connectivity index (χ2v) is 17.8. The van der Waals surface area contributed by atoms with Gasteiger partial charge in [-0.15, -0.1) is 0 Å². The molecule has 0 spiro atoms. The average Bonchev–Trinajstić information content (AvgIpc) is 4.22. The summed E-state index contributed by atoms with van der Waals surface area (Å²) in [7, 11) is 0. The van der Waals surface area contributed by atoms with Gasteiger partial charge in [0.15, 0.2) is 0 Å². The molecule has 2 N–H and O–H groups in total. The van der Waals surface area contributed by atoms with Crippen LogP contribution >= 0.6 is 0 Å². The third kappa shape index (κ3) is 6.44. The van der Waals surface area contributed by atoms with E-state index in [9.17, 15) is 0 Å². The summed E-state index contributed by atoms with van der Waals surface area (Å²) in [6.45, 7) is 0. The Morgan fingerprint density at radius 1 is 0.282 bits per heavy atom. The lowest BCUT2D eigenvalue weighted by Crippen LogP contribution is -2.11. The number of H-pyrrole nitrogens is 2. The maximum atomic E-state index is 5.97. The number of anilines is 3. The van der Waals surface area contributed by atoms with Gasteiger partial charge in [-0.3, -0.25) is 9.97 Å². The van der Waals surface area contributed by atoms with Gasteiger partial charge in [-0.1, -0.05) is 176 Å². The first-order valence-electron chi connectivity index (χ1n) is 23.9. The van der Waals surface area contributed by atoms with Crippen molar-refractivity contribution in [1.29, 1.82) is 0 Å². The molecule has 1 aliphatic carbocycles. The Morgan fingerprint density at radius 2 is 0.620 bits per heavy atom. The summed E-state index contributed by atoms with van der Waals surface area (Å²) in [4.78, 5) is 33.0. The number of rotatable bonds is 6. The number of benzene rings is 7. The minimum atomic E-state index is 0.767. The highest BCUT2D eigenvalue weighted by Gasteiger charge is 2.32. The minimum Gasteiger partial charge on any atom is -0.353 e. The summed E-state index contributed by atoms with van der Waals surface area (Å²) in [6, 6.07) is 78.7. The van der Waals surface area contributed by atoms with Crippen LogP contribution in [0.3, 0.4) is 0 Å². The molecule has 2 aliphatic heterocycles. The minimum absolute atomic E-state index is 0.767. The molecule has 6 heterocycles. The van der Waals surface area contributed by atoms with Crippen molar-refractivity contribution in [2.24, 2.45) is 0 Å². The molecular weight excluding hydrogens is 867 g/mol. The first-order chi connectivity index (χ1) is 35.3. The van der Waals surface area contributed by atoms with E-state index in [0.717, 1.165) is 139 Å². The number of pyridine rings is 2. The fourth-order valence-electron chi connectivity index (χ4n) is 10.8. The van der Waals surface area contributed by atoms with Crippen LogP contribution in [0, 0.1) is 0 Å². The van der Waals surface area contributed by atoms with Crippen molar-refractivity contribution >= 4 is 60.7 Å². The zero-order valence-corrected chi connectivity index (χ0v) is 38.3. The number of hydrogen-bond donors (Lipinski definition) is 2. The Kier molecular flexibility index (Phi) is 9.38. The van der Waals surface area contributed by atoms with Gasteiger partial charge in [0.1, 0.15) is 5.69 Å². The third-order valence-corrected chi connectivity index (χ3v) is 13.8. The van der Waals surface area contributed by atoms with Gasteiger partial charge in [0.25, 0.3) is 0 Å². The fourth-order valence-corrected chi connectivity index (χ4v) is 10.8. The zero-order chi connectivity index (χ0) is 46.8. The number of nitrogens with zero attached hydrogens (tertiary/aromatic N) is 5. The first-order valence-corrected chi connectivity index (χ1v) is 23.9. The predicted octanol–water partition coefficient (Wildman–Crippen LogP) is 16.5. The van der Waals surface area contributed by atoms with E-state index in [-0.39, 0.29) is 0 Å². The number of aromatic nitrogens is 6. The molecule has 14 rings (SSSR count). The Bertz CT molecular complexity index is 4130. The maximum Gasteiger partial charge on any atom is 0.100 e. The summed E-state index contributed by atoms with van der Waals surface area (Å²) in [5, 5.41) is 4.18. The molecule has 0 saturated carbocycles. The molecule has 7 heteroatoms. The van der Waals surface area contributed by atoms with E-state index >= 15 is 0 Å². The largest absolute Gasteiger partial charge is 0.353 e. The molecule has 332 valence electrons. The van der Waals surface area contributed by atoms with Gasteiger partial charge in [0.05, 0.1) is 56.2 Å². The normalized spacial score (nSPS) is 11.7. The predicted molar refractivity (Wildman–Crippen MR) is 291 cm³/mol. The number of hydrogen-bond acceptors (Lipinski definition) is 5. The van der Waals surface area contributed by atoms with E-state index in [1.54, 1.807) is 0 Å². The quantitative estimate of drug-likeness (QED) is 0.174. The second kappa shape index (κ2) is 16.5. The molecule has 0 atom stereocenters. The van der Waals surface area contributed by atoms with E-state index in [2.05, 4.69) is 227 Å². The average molecular weight is 908 g/mol. The molecule has 4 aromatic heterocycles. The Balaban J connectivity index is 1.33. The Hall–Kier alpha value is -9.72. The monoisotopic (exact) mass is 907 g/mol. The highest BCUT2D eigenvalue weighted by Crippen LogP contribution is 2.52. The highest BCUT2D eigenvalue weighted by molar-refractivity contribution is 6.21. The lowest BCUT2D eigenvalue weighted by molar-refractivity contribution is 1.27. The first kappa shape index (κ1) is 40.4. The van der Waals surface area contributed by atoms with Gasteiger partial charge in [0.2, 0.25) is 0 Å². The van der Waals surface area contributed by atoms with Crippen LogP contribution < -0.4 is 4.90 Å². The summed E-state index contributed by atoms with van der Waals surface area (Å²) < 4.78 is 0. The molecule has 3 aliphatic rings. The molecule has 0 fully saturated rings. The topological polar surface area (TPSA) is 86.4 Å². The van der Waals surface area contributed by atoms with Crippen molar-refractivity contribution < 1.29 is 0 Å². The van der Waals surface area contributed by atoms with Crippen LogP contribution in [0.25, 0.3) is 122 Å². The molecule has 7 nitrogen and oxygen atoms in total. The van der Waals surface area contributed by atoms with Gasteiger partial charge in [-0.05, 0) is 65.2 Å². The van der Waals surface area contributed by atoms with Crippen LogP contribution in [-0.4, -0.2) is 29.9 Å². The van der Waals surface area contributed by atoms with Crippen molar-refractivity contribution in [2.75, 3.05) is 4.90 Å². The van der Waals surface area contributed by atoms with E-state index in [0.29, 0.717) is 0 Å². The number of aromatic amines is 2. The van der Waals surface area contributed by atoms with E-state index in [1.807, 2.05) is 24.5 Å². The summed E-state index contributed by atoms with van der Waals surface area (Å²) >= 11 is 0. The van der Waals surface area contributed by atoms with Gasteiger partial charge in [-0.25, -0.2) is 9.97 Å². The standard InChI is InChI=1S/C64H41N7/c1-6-22-40(23-7-1)51-54-45-32-16-17-33-46(45)55(67-54)52(41-24-8-2-9-25-41)63-59-50(37-21-39-66-59)61(70-63)64(71(43-28-12-4-13-29-43)44-30-14-5-15-31-44)60-48-35-19-18-34-47(48)56(68-60)53(42-26-10-3-11-27-42)62-58-49(57(51)69-62)36-20-38-65-58/h1-39,67-68H. The molecule has 0 radical (unpaired) electrons. The van der Waals surface area contributed by atoms with E-state index in [1.165, 1.54) is 0 Å². The van der Waals surface area contributed by atoms with Crippen molar-refractivity contribution in [2.45, 2.75) is 0 Å². The van der Waals surface area contributed by atoms with Gasteiger partial charge in [-0.2, -0.15) is 0 Å². The Labute approximate surface area is 409 Å². The van der Waals surface area contributed by atoms with Crippen LogP contribution in [0.1, 0.15) is 0 Å². The molecule has 11 aromatic rings. The van der Waals surface area contributed by atoms with Crippen molar-refractivity contribution in [1.82, 2.24) is 29.9 Å². The summed E-state index contributed by atoms with van der Waals surface area (Å²) in [6.07, 6.45) is 3.77. The maximum absolute atomic E-state index is 5.97. The molecular formula is C64H41N7. The van der Waals surface area contributed by atoms with Gasteiger partial charge >= 0.3 is 0 Å². The van der Waals surface area contributed by atoms with Crippen molar-refractivity contribution in [3.63, 3.8) is 0 Å². The lowest BCUT2D eigenvalue weighted by atomic mass is 9.96. The molecule has 0 unspecified atom stereocenters. The van der Waals surface area contributed by atoms with Crippen molar-refractivity contribution in [3.05, 3.63) is 237 Å². The van der Waals surface area contributed by atoms with Gasteiger partial charge < -0.3 is 14.9 Å². The zero-order valence-electron chi connectivity index (χ0n) is 38.3. The highest BCUT2D eigenvalue weighted by atomic mass is 15.2. The molecule has 0 amide bonds. The second-order valence-electron chi connectivity index (χ2n) is 17.8. The lowest BCUT2D eigenvalue weighted by Gasteiger charge is -2.26. The van der Waals surface area contributed by atoms with Crippen LogP contribution in [0.4, 0.5) is 17.1 Å². The van der Waals surface area contributed by atoms with Crippen molar-refractivity contribution in [3.8, 4) is 78.7 Å². The molecule has 0 saturated heterocycles. The van der Waals surface area contributed by atoms with Crippen LogP contribution in [-0.2, 0) is 0 Å². The number of para-hydroxylation sites is 2.